The first kappa shape index (κ1) is 37.2. The minimum Gasteiger partial charge on any atom is -0.493 e. The second-order valence-electron chi connectivity index (χ2n) is 11.8. The molecule has 1 amide bonds. The van der Waals surface area contributed by atoms with Gasteiger partial charge in [0.25, 0.3) is 0 Å². The van der Waals surface area contributed by atoms with Crippen LogP contribution in [0.5, 0.6) is 11.5 Å². The number of amides is 1. The van der Waals surface area contributed by atoms with E-state index in [0.29, 0.717) is 31.1 Å². The number of fused-ring (bicyclic) bond motifs is 1. The number of anilines is 1. The molecule has 1 aromatic heterocycles. The summed E-state index contributed by atoms with van der Waals surface area (Å²) in [5, 5.41) is 3.49. The SMILES string of the molecule is COc1cc(CNC(CC(N)=O)c2ccc3c(c2)nc(-c2ccc(N(CCOC(C)=O)CCOC(C)=O)cc2)n3C(C)C)cc(Br)c1OC. The second kappa shape index (κ2) is 17.2. The summed E-state index contributed by atoms with van der Waals surface area (Å²) in [4.78, 5) is 41.9. The van der Waals surface area contributed by atoms with Gasteiger partial charge in [0.2, 0.25) is 5.91 Å². The van der Waals surface area contributed by atoms with Crippen molar-refractivity contribution in [2.24, 2.45) is 5.73 Å². The van der Waals surface area contributed by atoms with Crippen LogP contribution in [0.25, 0.3) is 22.4 Å². The zero-order valence-corrected chi connectivity index (χ0v) is 30.3. The molecule has 1 unspecified atom stereocenters. The summed E-state index contributed by atoms with van der Waals surface area (Å²) in [6, 6.07) is 17.6. The van der Waals surface area contributed by atoms with Crippen LogP contribution in [0.15, 0.2) is 59.1 Å². The van der Waals surface area contributed by atoms with Crippen LogP contribution in [0.2, 0.25) is 0 Å². The van der Waals surface area contributed by atoms with Gasteiger partial charge in [-0.1, -0.05) is 6.07 Å². The quantitative estimate of drug-likeness (QED) is 0.129. The minimum absolute atomic E-state index is 0.102. The number of aromatic nitrogens is 2. The second-order valence-corrected chi connectivity index (χ2v) is 12.6. The number of carbonyl (C=O) groups excluding carboxylic acids is 3. The Hall–Kier alpha value is -4.62. The van der Waals surface area contributed by atoms with Crippen molar-refractivity contribution < 1.29 is 33.3 Å². The maximum atomic E-state index is 12.2. The van der Waals surface area contributed by atoms with Gasteiger partial charge < -0.3 is 39.5 Å². The Kier molecular flexibility index (Phi) is 13.0. The van der Waals surface area contributed by atoms with Crippen LogP contribution in [0.1, 0.15) is 57.3 Å². The minimum atomic E-state index is -0.422. The smallest absolute Gasteiger partial charge is 0.302 e. The molecule has 0 fully saturated rings. The fraction of sp³-hybridized carbons (Fsp3) is 0.389. The number of esters is 2. The number of primary amides is 1. The third-order valence-corrected chi connectivity index (χ3v) is 8.50. The van der Waals surface area contributed by atoms with Gasteiger partial charge in [-0.25, -0.2) is 4.98 Å². The number of hydrogen-bond donors (Lipinski definition) is 2. The molecule has 0 radical (unpaired) electrons. The van der Waals surface area contributed by atoms with Gasteiger partial charge in [0, 0.05) is 50.1 Å². The molecule has 4 rings (SSSR count). The molecule has 12 nitrogen and oxygen atoms in total. The Morgan fingerprint density at radius 1 is 0.939 bits per heavy atom. The van der Waals surface area contributed by atoms with E-state index in [1.165, 1.54) is 13.8 Å². The average molecular weight is 739 g/mol. The van der Waals surface area contributed by atoms with E-state index in [1.807, 2.05) is 59.5 Å². The van der Waals surface area contributed by atoms with Gasteiger partial charge in [-0.05, 0) is 89.4 Å². The number of benzene rings is 3. The van der Waals surface area contributed by atoms with E-state index >= 15 is 0 Å². The first-order chi connectivity index (χ1) is 23.4. The van der Waals surface area contributed by atoms with Crippen molar-refractivity contribution in [1.82, 2.24) is 14.9 Å². The third kappa shape index (κ3) is 9.73. The number of ether oxygens (including phenoxy) is 4. The number of imidazole rings is 1. The van der Waals surface area contributed by atoms with Crippen LogP contribution in [-0.4, -0.2) is 67.9 Å². The Morgan fingerprint density at radius 2 is 1.59 bits per heavy atom. The molecule has 1 atom stereocenters. The van der Waals surface area contributed by atoms with Gasteiger partial charge in [0.05, 0.1) is 42.8 Å². The highest BCUT2D eigenvalue weighted by Crippen LogP contribution is 2.37. The van der Waals surface area contributed by atoms with Crippen molar-refractivity contribution in [3.63, 3.8) is 0 Å². The fourth-order valence-corrected chi connectivity index (χ4v) is 6.32. The Morgan fingerprint density at radius 3 is 2.14 bits per heavy atom. The van der Waals surface area contributed by atoms with Crippen LogP contribution in [0.3, 0.4) is 0 Å². The normalized spacial score (nSPS) is 11.8. The number of hydrogen-bond acceptors (Lipinski definition) is 10. The number of methoxy groups -OCH3 is 2. The lowest BCUT2D eigenvalue weighted by Crippen LogP contribution is -2.31. The van der Waals surface area contributed by atoms with E-state index < -0.39 is 5.91 Å². The van der Waals surface area contributed by atoms with Crippen molar-refractivity contribution in [2.45, 2.75) is 52.7 Å². The summed E-state index contributed by atoms with van der Waals surface area (Å²) in [6.07, 6.45) is 0.102. The van der Waals surface area contributed by atoms with Gasteiger partial charge in [-0.2, -0.15) is 0 Å². The summed E-state index contributed by atoms with van der Waals surface area (Å²) in [5.41, 5.74) is 11.1. The van der Waals surface area contributed by atoms with Gasteiger partial charge in [0.1, 0.15) is 19.0 Å². The van der Waals surface area contributed by atoms with Gasteiger partial charge in [0.15, 0.2) is 11.5 Å². The molecule has 0 saturated heterocycles. The van der Waals surface area contributed by atoms with Crippen LogP contribution in [0, 0.1) is 0 Å². The van der Waals surface area contributed by atoms with Crippen molar-refractivity contribution in [3.05, 3.63) is 70.2 Å². The van der Waals surface area contributed by atoms with E-state index in [1.54, 1.807) is 14.2 Å². The number of nitrogens with zero attached hydrogens (tertiary/aromatic N) is 3. The molecular formula is C36H44BrN5O7. The summed E-state index contributed by atoms with van der Waals surface area (Å²) in [5.74, 6) is 0.872. The number of carbonyl (C=O) groups is 3. The van der Waals surface area contributed by atoms with Gasteiger partial charge >= 0.3 is 11.9 Å². The highest BCUT2D eigenvalue weighted by atomic mass is 79.9. The Balaban J connectivity index is 1.62. The molecule has 0 aliphatic carbocycles. The lowest BCUT2D eigenvalue weighted by molar-refractivity contribution is -0.141. The molecule has 262 valence electrons. The highest BCUT2D eigenvalue weighted by Gasteiger charge is 2.20. The van der Waals surface area contributed by atoms with Crippen molar-refractivity contribution >= 4 is 50.5 Å². The number of nitrogens with one attached hydrogen (secondary N) is 1. The summed E-state index contributed by atoms with van der Waals surface area (Å²) in [7, 11) is 3.17. The molecular weight excluding hydrogens is 694 g/mol. The first-order valence-electron chi connectivity index (χ1n) is 16.0. The van der Waals surface area contributed by atoms with Gasteiger partial charge in [-0.3, -0.25) is 14.4 Å². The molecule has 3 aromatic carbocycles. The molecule has 0 bridgehead atoms. The standard InChI is InChI=1S/C36H44BrN5O7/c1-22(2)42-32-12-9-27(30(20-34(38)45)39-21-25-17-29(37)35(47-6)33(18-25)46-5)19-31(32)40-36(42)26-7-10-28(11-8-26)41(13-15-48-23(3)43)14-16-49-24(4)44/h7-12,17-19,22,30,39H,13-16,20-21H2,1-6H3,(H2,38,45). The summed E-state index contributed by atoms with van der Waals surface area (Å²) >= 11 is 3.55. The molecule has 49 heavy (non-hydrogen) atoms. The third-order valence-electron chi connectivity index (χ3n) is 7.91. The maximum absolute atomic E-state index is 12.2. The van der Waals surface area contributed by atoms with Crippen LogP contribution in [0.4, 0.5) is 5.69 Å². The Bertz CT molecular complexity index is 1750. The molecule has 4 aromatic rings. The Labute approximate surface area is 295 Å². The predicted molar refractivity (Wildman–Crippen MR) is 192 cm³/mol. The van der Waals surface area contributed by atoms with Crippen molar-refractivity contribution in [1.29, 1.82) is 0 Å². The largest absolute Gasteiger partial charge is 0.493 e. The first-order valence-corrected chi connectivity index (χ1v) is 16.8. The molecule has 1 heterocycles. The average Bonchev–Trinajstić information content (AvgIpc) is 3.44. The number of halogens is 1. The lowest BCUT2D eigenvalue weighted by atomic mass is 10.0. The molecule has 0 aliphatic rings. The maximum Gasteiger partial charge on any atom is 0.302 e. The number of rotatable bonds is 17. The van der Waals surface area contributed by atoms with E-state index in [9.17, 15) is 14.4 Å². The van der Waals surface area contributed by atoms with E-state index in [0.717, 1.165) is 43.7 Å². The van der Waals surface area contributed by atoms with E-state index in [4.69, 9.17) is 29.7 Å². The van der Waals surface area contributed by atoms with Crippen LogP contribution < -0.4 is 25.4 Å². The molecule has 0 aliphatic heterocycles. The van der Waals surface area contributed by atoms with Crippen molar-refractivity contribution in [3.8, 4) is 22.9 Å². The fourth-order valence-electron chi connectivity index (χ4n) is 5.67. The molecule has 0 saturated carbocycles. The van der Waals surface area contributed by atoms with Gasteiger partial charge in [-0.15, -0.1) is 0 Å². The summed E-state index contributed by atoms with van der Waals surface area (Å²) in [6.45, 7) is 8.71. The molecule has 3 N–H and O–H groups in total. The van der Waals surface area contributed by atoms with Crippen molar-refractivity contribution in [2.75, 3.05) is 45.4 Å². The monoisotopic (exact) mass is 737 g/mol. The summed E-state index contributed by atoms with van der Waals surface area (Å²) < 4.78 is 24.2. The topological polar surface area (TPSA) is 147 Å². The molecule has 0 spiro atoms. The van der Waals surface area contributed by atoms with Crippen LogP contribution in [-0.2, 0) is 30.4 Å². The van der Waals surface area contributed by atoms with E-state index in [2.05, 4.69) is 39.7 Å². The highest BCUT2D eigenvalue weighted by molar-refractivity contribution is 9.10. The van der Waals surface area contributed by atoms with E-state index in [-0.39, 0.29) is 43.7 Å². The van der Waals surface area contributed by atoms with Crippen LogP contribution >= 0.6 is 15.9 Å². The number of nitrogens with two attached hydrogens (primary N) is 1. The lowest BCUT2D eigenvalue weighted by Gasteiger charge is -2.24. The zero-order chi connectivity index (χ0) is 35.7. The zero-order valence-electron chi connectivity index (χ0n) is 28.7. The predicted octanol–water partition coefficient (Wildman–Crippen LogP) is 5.70. The molecule has 13 heteroatoms.